The van der Waals surface area contributed by atoms with E-state index in [1.807, 2.05) is 0 Å². The molecule has 1 saturated heterocycles. The van der Waals surface area contributed by atoms with E-state index in [1.165, 1.54) is 42.9 Å². The second-order valence-corrected chi connectivity index (χ2v) is 6.82. The molecule has 4 rings (SSSR count). The Bertz CT molecular complexity index is 397. The maximum Gasteiger partial charge on any atom is 0.0961 e. The number of benzene rings is 1. The van der Waals surface area contributed by atoms with Crippen LogP contribution in [0.2, 0.25) is 0 Å². The van der Waals surface area contributed by atoms with Gasteiger partial charge in [0.1, 0.15) is 0 Å². The number of hydrogen-bond donors (Lipinski definition) is 2. The molecular weight excluding hydrogens is 228 g/mol. The van der Waals surface area contributed by atoms with Gasteiger partial charge in [-0.2, -0.15) is 0 Å². The van der Waals surface area contributed by atoms with Crippen molar-refractivity contribution < 1.29 is 0 Å². The zero-order valence-electron chi connectivity index (χ0n) is 9.91. The van der Waals surface area contributed by atoms with Gasteiger partial charge in [0.05, 0.1) is 4.87 Å². The Hall–Kier alpha value is -0.670. The lowest BCUT2D eigenvalue weighted by Gasteiger charge is -2.50. The van der Waals surface area contributed by atoms with Crippen molar-refractivity contribution in [3.05, 3.63) is 24.3 Å². The average molecular weight is 246 g/mol. The van der Waals surface area contributed by atoms with Crippen LogP contribution in [0.3, 0.4) is 0 Å². The van der Waals surface area contributed by atoms with Crippen LogP contribution in [-0.4, -0.2) is 18.0 Å². The van der Waals surface area contributed by atoms with Crippen molar-refractivity contribution in [2.75, 3.05) is 18.4 Å². The molecule has 1 spiro atoms. The molecule has 2 bridgehead atoms. The van der Waals surface area contributed by atoms with Gasteiger partial charge in [-0.25, -0.2) is 0 Å². The second kappa shape index (κ2) is 3.66. The smallest absolute Gasteiger partial charge is 0.0961 e. The fraction of sp³-hybridized carbons (Fsp3) is 0.571. The molecule has 0 radical (unpaired) electrons. The van der Waals surface area contributed by atoms with Gasteiger partial charge in [0.2, 0.25) is 0 Å². The number of fused-ring (bicyclic) bond motifs is 1. The molecule has 0 amide bonds. The SMILES string of the molecule is c1ccc2c(c1)NC1(S2)[C@H]2CCC[C@H]1CNC2. The van der Waals surface area contributed by atoms with Crippen LogP contribution in [0.1, 0.15) is 19.3 Å². The first kappa shape index (κ1) is 10.3. The van der Waals surface area contributed by atoms with E-state index in [0.717, 1.165) is 11.8 Å². The fourth-order valence-electron chi connectivity index (χ4n) is 3.76. The first-order valence-electron chi connectivity index (χ1n) is 6.65. The van der Waals surface area contributed by atoms with E-state index in [-0.39, 0.29) is 0 Å². The molecule has 2 N–H and O–H groups in total. The Kier molecular flexibility index (Phi) is 2.21. The van der Waals surface area contributed by atoms with Crippen molar-refractivity contribution in [2.24, 2.45) is 11.8 Å². The molecule has 1 aromatic rings. The molecule has 1 saturated carbocycles. The highest BCUT2D eigenvalue weighted by Gasteiger charge is 2.53. The van der Waals surface area contributed by atoms with Gasteiger partial charge in [-0.05, 0) is 25.0 Å². The van der Waals surface area contributed by atoms with Crippen LogP contribution < -0.4 is 10.6 Å². The third-order valence-electron chi connectivity index (χ3n) is 4.60. The number of nitrogens with one attached hydrogen (secondary N) is 2. The molecule has 2 atom stereocenters. The number of para-hydroxylation sites is 1. The zero-order chi connectivity index (χ0) is 11.3. The minimum absolute atomic E-state index is 0.299. The number of thioether (sulfide) groups is 1. The summed E-state index contributed by atoms with van der Waals surface area (Å²) >= 11 is 2.10. The van der Waals surface area contributed by atoms with E-state index in [4.69, 9.17) is 0 Å². The topological polar surface area (TPSA) is 24.1 Å². The maximum atomic E-state index is 3.87. The van der Waals surface area contributed by atoms with Gasteiger partial charge < -0.3 is 10.6 Å². The number of rotatable bonds is 0. The van der Waals surface area contributed by atoms with Crippen LogP contribution in [0.5, 0.6) is 0 Å². The van der Waals surface area contributed by atoms with E-state index in [0.29, 0.717) is 4.87 Å². The van der Waals surface area contributed by atoms with Crippen LogP contribution in [0.25, 0.3) is 0 Å². The molecule has 2 heterocycles. The Morgan fingerprint density at radius 1 is 1.12 bits per heavy atom. The van der Waals surface area contributed by atoms with E-state index in [9.17, 15) is 0 Å². The molecule has 2 aliphatic heterocycles. The Balaban J connectivity index is 1.75. The predicted octanol–water partition coefficient (Wildman–Crippen LogP) is 2.92. The number of hydrogen-bond acceptors (Lipinski definition) is 3. The predicted molar refractivity (Wildman–Crippen MR) is 72.4 cm³/mol. The van der Waals surface area contributed by atoms with Gasteiger partial charge in [0, 0.05) is 35.5 Å². The summed E-state index contributed by atoms with van der Waals surface area (Å²) in [7, 11) is 0. The van der Waals surface area contributed by atoms with Crippen LogP contribution in [0, 0.1) is 11.8 Å². The molecule has 2 fully saturated rings. The average Bonchev–Trinajstić information content (AvgIpc) is 2.67. The Morgan fingerprint density at radius 3 is 2.65 bits per heavy atom. The van der Waals surface area contributed by atoms with E-state index in [1.54, 1.807) is 0 Å². The monoisotopic (exact) mass is 246 g/mol. The van der Waals surface area contributed by atoms with Crippen molar-refractivity contribution in [1.82, 2.24) is 5.32 Å². The maximum absolute atomic E-state index is 3.87. The van der Waals surface area contributed by atoms with Crippen LogP contribution in [0.4, 0.5) is 5.69 Å². The molecule has 2 nitrogen and oxygen atoms in total. The molecule has 90 valence electrons. The molecule has 3 heteroatoms. The zero-order valence-corrected chi connectivity index (χ0v) is 10.7. The lowest BCUT2D eigenvalue weighted by molar-refractivity contribution is 0.161. The summed E-state index contributed by atoms with van der Waals surface area (Å²) in [4.78, 5) is 1.75. The fourth-order valence-corrected chi connectivity index (χ4v) is 5.40. The standard InChI is InChI=1S/C14H18N2S/c1-2-7-13-12(6-1)16-14(17-13)10-4-3-5-11(14)9-15-8-10/h1-2,6-7,10-11,15-16H,3-5,8-9H2/t10-,11-/m0/s1. The van der Waals surface area contributed by atoms with Crippen molar-refractivity contribution in [2.45, 2.75) is 29.0 Å². The molecule has 17 heavy (non-hydrogen) atoms. The van der Waals surface area contributed by atoms with Gasteiger partial charge in [-0.1, -0.05) is 30.3 Å². The number of anilines is 1. The second-order valence-electron chi connectivity index (χ2n) is 5.50. The first-order chi connectivity index (χ1) is 8.38. The summed E-state index contributed by atoms with van der Waals surface area (Å²) in [5.41, 5.74) is 1.36. The van der Waals surface area contributed by atoms with E-state index < -0.39 is 0 Å². The van der Waals surface area contributed by atoms with Crippen molar-refractivity contribution in [3.8, 4) is 0 Å². The van der Waals surface area contributed by atoms with Crippen LogP contribution >= 0.6 is 11.8 Å². The van der Waals surface area contributed by atoms with E-state index >= 15 is 0 Å². The summed E-state index contributed by atoms with van der Waals surface area (Å²) in [6, 6.07) is 8.79. The van der Waals surface area contributed by atoms with Gasteiger partial charge in [0.15, 0.2) is 0 Å². The highest BCUT2D eigenvalue weighted by Crippen LogP contribution is 2.57. The third kappa shape index (κ3) is 1.39. The summed E-state index contributed by atoms with van der Waals surface area (Å²) in [5, 5.41) is 7.49. The minimum Gasteiger partial charge on any atom is -0.369 e. The summed E-state index contributed by atoms with van der Waals surface area (Å²) in [6.07, 6.45) is 4.16. The van der Waals surface area contributed by atoms with Crippen molar-refractivity contribution >= 4 is 17.4 Å². The van der Waals surface area contributed by atoms with Crippen molar-refractivity contribution in [1.29, 1.82) is 0 Å². The molecular formula is C14H18N2S. The van der Waals surface area contributed by atoms with Gasteiger partial charge >= 0.3 is 0 Å². The van der Waals surface area contributed by atoms with Crippen LogP contribution in [-0.2, 0) is 0 Å². The van der Waals surface area contributed by atoms with Gasteiger partial charge in [0.25, 0.3) is 0 Å². The molecule has 0 unspecified atom stereocenters. The lowest BCUT2D eigenvalue weighted by Crippen LogP contribution is -2.59. The normalized spacial score (nSPS) is 38.8. The van der Waals surface area contributed by atoms with E-state index in [2.05, 4.69) is 46.7 Å². The highest BCUT2D eigenvalue weighted by molar-refractivity contribution is 8.01. The highest BCUT2D eigenvalue weighted by atomic mass is 32.2. The Labute approximate surface area is 107 Å². The molecule has 0 aromatic heterocycles. The summed E-state index contributed by atoms with van der Waals surface area (Å²) in [6.45, 7) is 2.37. The lowest BCUT2D eigenvalue weighted by atomic mass is 9.73. The number of piperidine rings is 1. The van der Waals surface area contributed by atoms with Gasteiger partial charge in [-0.15, -0.1) is 0 Å². The molecule has 3 aliphatic rings. The minimum atomic E-state index is 0.299. The molecule has 1 aromatic carbocycles. The largest absolute Gasteiger partial charge is 0.369 e. The van der Waals surface area contributed by atoms with Crippen LogP contribution in [0.15, 0.2) is 29.2 Å². The quantitative estimate of drug-likeness (QED) is 0.736. The summed E-state index contributed by atoms with van der Waals surface area (Å²) < 4.78 is 0. The Morgan fingerprint density at radius 2 is 1.88 bits per heavy atom. The summed E-state index contributed by atoms with van der Waals surface area (Å²) in [5.74, 6) is 1.57. The molecule has 1 aliphatic carbocycles. The van der Waals surface area contributed by atoms with Crippen molar-refractivity contribution in [3.63, 3.8) is 0 Å². The van der Waals surface area contributed by atoms with Gasteiger partial charge in [-0.3, -0.25) is 0 Å². The third-order valence-corrected chi connectivity index (χ3v) is 6.28. The first-order valence-corrected chi connectivity index (χ1v) is 7.47.